The highest BCUT2D eigenvalue weighted by Crippen LogP contribution is 2.19. The molecule has 0 spiro atoms. The second-order valence-corrected chi connectivity index (χ2v) is 8.08. The molecule has 1 unspecified atom stereocenters. The van der Waals surface area contributed by atoms with E-state index in [-0.39, 0.29) is 30.1 Å². The first-order valence-electron chi connectivity index (χ1n) is 6.29. The molecule has 1 heterocycles. The number of carbonyl (C=O) groups is 3. The molecule has 8 nitrogen and oxygen atoms in total. The molecule has 0 aromatic heterocycles. The van der Waals surface area contributed by atoms with Crippen LogP contribution in [0.4, 0.5) is 0 Å². The van der Waals surface area contributed by atoms with Crippen LogP contribution in [0.15, 0.2) is 0 Å². The molecule has 1 aliphatic heterocycles. The number of nitrogens with zero attached hydrogens (tertiary/aromatic N) is 1. The number of hydrogen-bond acceptors (Lipinski definition) is 6. The van der Waals surface area contributed by atoms with Crippen molar-refractivity contribution in [1.29, 1.82) is 0 Å². The van der Waals surface area contributed by atoms with E-state index in [1.807, 2.05) is 0 Å². The van der Waals surface area contributed by atoms with Gasteiger partial charge in [0.15, 0.2) is 9.84 Å². The van der Waals surface area contributed by atoms with E-state index in [9.17, 15) is 22.8 Å². The maximum Gasteiger partial charge on any atom is 0.323 e. The third-order valence-corrected chi connectivity index (χ3v) is 5.71. The lowest BCUT2D eigenvalue weighted by Crippen LogP contribution is -2.44. The van der Waals surface area contributed by atoms with Crippen LogP contribution in [0.2, 0.25) is 0 Å². The van der Waals surface area contributed by atoms with Crippen molar-refractivity contribution < 1.29 is 27.9 Å². The fraction of sp³-hybridized carbons (Fsp3) is 0.727. The lowest BCUT2D eigenvalue weighted by molar-refractivity contribution is -0.145. The summed E-state index contributed by atoms with van der Waals surface area (Å²) in [5.74, 6) is -1.90. The fourth-order valence-electron chi connectivity index (χ4n) is 2.06. The third-order valence-electron chi connectivity index (χ3n) is 2.98. The van der Waals surface area contributed by atoms with Crippen LogP contribution in [0.1, 0.15) is 12.8 Å². The van der Waals surface area contributed by atoms with Gasteiger partial charge in [0.2, 0.25) is 11.8 Å². The van der Waals surface area contributed by atoms with E-state index in [0.717, 1.165) is 4.90 Å². The first kappa shape index (κ1) is 17.8. The Labute approximate surface area is 127 Å². The molecule has 120 valence electrons. The molecule has 0 aromatic carbocycles. The molecule has 21 heavy (non-hydrogen) atoms. The molecule has 1 saturated heterocycles. The molecule has 3 N–H and O–H groups in total. The van der Waals surface area contributed by atoms with Crippen molar-refractivity contribution in [3.8, 4) is 0 Å². The van der Waals surface area contributed by atoms with E-state index in [2.05, 4.69) is 0 Å². The summed E-state index contributed by atoms with van der Waals surface area (Å²) in [7, 11) is -3.20. The van der Waals surface area contributed by atoms with Crippen molar-refractivity contribution in [2.24, 2.45) is 5.73 Å². The maximum atomic E-state index is 12.1. The lowest BCUT2D eigenvalue weighted by Gasteiger charge is -2.26. The monoisotopic (exact) mass is 338 g/mol. The minimum atomic E-state index is -3.20. The zero-order valence-corrected chi connectivity index (χ0v) is 13.0. The van der Waals surface area contributed by atoms with Crippen LogP contribution < -0.4 is 5.73 Å². The van der Waals surface area contributed by atoms with E-state index in [4.69, 9.17) is 10.8 Å². The van der Waals surface area contributed by atoms with E-state index in [1.165, 1.54) is 11.8 Å². The van der Waals surface area contributed by atoms with Crippen molar-refractivity contribution in [3.05, 3.63) is 0 Å². The van der Waals surface area contributed by atoms with Crippen LogP contribution in [0.25, 0.3) is 0 Å². The quantitative estimate of drug-likeness (QED) is 0.525. The van der Waals surface area contributed by atoms with Crippen LogP contribution in [-0.2, 0) is 24.2 Å². The van der Waals surface area contributed by atoms with Gasteiger partial charge in [0.05, 0.1) is 17.3 Å². The molecular formula is C11H18N2O6S2. The number of primary amides is 1. The van der Waals surface area contributed by atoms with E-state index in [1.54, 1.807) is 0 Å². The van der Waals surface area contributed by atoms with Crippen LogP contribution in [0.5, 0.6) is 0 Å². The molecular weight excluding hydrogens is 320 g/mol. The van der Waals surface area contributed by atoms with Crippen LogP contribution in [-0.4, -0.2) is 71.8 Å². The number of carboxylic acid groups (broad SMARTS) is 1. The van der Waals surface area contributed by atoms with Crippen molar-refractivity contribution in [3.63, 3.8) is 0 Å². The van der Waals surface area contributed by atoms with Gasteiger partial charge in [0, 0.05) is 18.2 Å². The summed E-state index contributed by atoms with van der Waals surface area (Å²) >= 11 is 1.18. The van der Waals surface area contributed by atoms with Crippen LogP contribution in [0.3, 0.4) is 0 Å². The Balaban J connectivity index is 2.58. The van der Waals surface area contributed by atoms with Gasteiger partial charge in [-0.2, -0.15) is 11.8 Å². The van der Waals surface area contributed by atoms with E-state index >= 15 is 0 Å². The maximum absolute atomic E-state index is 12.1. The van der Waals surface area contributed by atoms with Crippen molar-refractivity contribution >= 4 is 39.4 Å². The Morgan fingerprint density at radius 3 is 2.48 bits per heavy atom. The molecule has 0 aromatic rings. The van der Waals surface area contributed by atoms with Gasteiger partial charge in [0.25, 0.3) is 0 Å². The average molecular weight is 338 g/mol. The summed E-state index contributed by atoms with van der Waals surface area (Å²) in [5.41, 5.74) is 4.96. The van der Waals surface area contributed by atoms with Gasteiger partial charge >= 0.3 is 5.97 Å². The first-order chi connectivity index (χ1) is 9.71. The average Bonchev–Trinajstić information content (AvgIpc) is 2.71. The fourth-order valence-corrected chi connectivity index (χ4v) is 4.46. The summed E-state index contributed by atoms with van der Waals surface area (Å²) < 4.78 is 22.9. The number of nitrogens with two attached hydrogens (primary N) is 1. The molecule has 0 aliphatic carbocycles. The third kappa shape index (κ3) is 6.34. The summed E-state index contributed by atoms with van der Waals surface area (Å²) in [6.45, 7) is -0.514. The molecule has 1 fully saturated rings. The second kappa shape index (κ2) is 7.64. The number of rotatable bonds is 8. The Kier molecular flexibility index (Phi) is 6.46. The number of carboxylic acids is 1. The normalized spacial score (nSPS) is 20.1. The predicted molar refractivity (Wildman–Crippen MR) is 77.5 cm³/mol. The minimum Gasteiger partial charge on any atom is -0.480 e. The molecule has 1 rings (SSSR count). The number of sulfone groups is 1. The predicted octanol–water partition coefficient (Wildman–Crippen LogP) is -1.30. The topological polar surface area (TPSA) is 135 Å². The zero-order chi connectivity index (χ0) is 16.0. The molecule has 2 amide bonds. The zero-order valence-electron chi connectivity index (χ0n) is 11.4. The summed E-state index contributed by atoms with van der Waals surface area (Å²) in [6, 6.07) is -0.584. The molecule has 1 aliphatic rings. The van der Waals surface area contributed by atoms with Gasteiger partial charge in [-0.25, -0.2) is 8.42 Å². The first-order valence-corrected chi connectivity index (χ1v) is 9.26. The number of amides is 2. The highest BCUT2D eigenvalue weighted by atomic mass is 32.2. The van der Waals surface area contributed by atoms with Crippen LogP contribution >= 0.6 is 11.8 Å². The smallest absolute Gasteiger partial charge is 0.323 e. The highest BCUT2D eigenvalue weighted by molar-refractivity contribution is 7.99. The van der Waals surface area contributed by atoms with Crippen molar-refractivity contribution in [2.75, 3.05) is 29.6 Å². The second-order valence-electron chi connectivity index (χ2n) is 4.74. The van der Waals surface area contributed by atoms with Gasteiger partial charge < -0.3 is 15.7 Å². The van der Waals surface area contributed by atoms with Gasteiger partial charge in [-0.05, 0) is 6.42 Å². The van der Waals surface area contributed by atoms with E-state index in [0.29, 0.717) is 5.75 Å². The Morgan fingerprint density at radius 2 is 2.00 bits per heavy atom. The van der Waals surface area contributed by atoms with Gasteiger partial charge in [-0.1, -0.05) is 0 Å². The Morgan fingerprint density at radius 1 is 1.33 bits per heavy atom. The standard InChI is InChI=1S/C11H18N2O6S2/c12-9(14)6-20-3-1-10(15)13(5-11(16)17)8-2-4-21(18,19)7-8/h8H,1-7H2,(H2,12,14)(H,16,17). The largest absolute Gasteiger partial charge is 0.480 e. The number of aliphatic carboxylic acids is 1. The summed E-state index contributed by atoms with van der Waals surface area (Å²) in [4.78, 5) is 34.6. The SMILES string of the molecule is NC(=O)CSCCC(=O)N(CC(=O)O)C1CCS(=O)(=O)C1. The van der Waals surface area contributed by atoms with Crippen LogP contribution in [0, 0.1) is 0 Å². The van der Waals surface area contributed by atoms with Gasteiger partial charge in [-0.3, -0.25) is 14.4 Å². The van der Waals surface area contributed by atoms with Gasteiger partial charge in [0.1, 0.15) is 6.54 Å². The molecule has 0 bridgehead atoms. The molecule has 0 saturated carbocycles. The Bertz CT molecular complexity index is 519. The summed E-state index contributed by atoms with van der Waals surface area (Å²) in [5, 5.41) is 8.86. The summed E-state index contributed by atoms with van der Waals surface area (Å²) in [6.07, 6.45) is 0.303. The van der Waals surface area contributed by atoms with Gasteiger partial charge in [-0.15, -0.1) is 0 Å². The number of hydrogen-bond donors (Lipinski definition) is 2. The number of carbonyl (C=O) groups excluding carboxylic acids is 2. The lowest BCUT2D eigenvalue weighted by atomic mass is 10.2. The van der Waals surface area contributed by atoms with E-state index < -0.39 is 40.2 Å². The van der Waals surface area contributed by atoms with Crippen molar-refractivity contribution in [2.45, 2.75) is 18.9 Å². The minimum absolute atomic E-state index is 0.0303. The molecule has 1 atom stereocenters. The highest BCUT2D eigenvalue weighted by Gasteiger charge is 2.35. The Hall–Kier alpha value is -1.29. The molecule has 0 radical (unpaired) electrons. The van der Waals surface area contributed by atoms with Crippen molar-refractivity contribution in [1.82, 2.24) is 4.90 Å². The number of thioether (sulfide) groups is 1. The molecule has 10 heteroatoms.